The van der Waals surface area contributed by atoms with Gasteiger partial charge in [0.05, 0.1) is 18.8 Å². The zero-order valence-corrected chi connectivity index (χ0v) is 16.4. The van der Waals surface area contributed by atoms with Crippen LogP contribution in [-0.4, -0.2) is 25.1 Å². The highest BCUT2D eigenvalue weighted by molar-refractivity contribution is 9.09. The second-order valence-electron chi connectivity index (χ2n) is 6.08. The van der Waals surface area contributed by atoms with E-state index in [1.54, 1.807) is 0 Å². The topological polar surface area (TPSA) is 21.3 Å². The number of halogens is 1. The summed E-state index contributed by atoms with van der Waals surface area (Å²) in [5.41, 5.74) is 3.25. The molecule has 1 N–H and O–H groups in total. The maximum Gasteiger partial charge on any atom is 0.0948 e. The Morgan fingerprint density at radius 1 is 0.654 bits per heavy atom. The SMILES string of the molecule is BrCCOCCNC(c1ccccc1)(c1ccccc1)c1ccccc1. The van der Waals surface area contributed by atoms with Gasteiger partial charge < -0.3 is 4.74 Å². The Kier molecular flexibility index (Phi) is 7.01. The van der Waals surface area contributed by atoms with Gasteiger partial charge in [-0.15, -0.1) is 0 Å². The molecule has 0 fully saturated rings. The van der Waals surface area contributed by atoms with E-state index >= 15 is 0 Å². The summed E-state index contributed by atoms with van der Waals surface area (Å²) in [6, 6.07) is 31.9. The van der Waals surface area contributed by atoms with Gasteiger partial charge in [-0.1, -0.05) is 107 Å². The fourth-order valence-corrected chi connectivity index (χ4v) is 3.57. The Labute approximate surface area is 164 Å². The predicted octanol–water partition coefficient (Wildman–Crippen LogP) is 4.98. The van der Waals surface area contributed by atoms with Crippen molar-refractivity contribution < 1.29 is 4.74 Å². The number of benzene rings is 3. The smallest absolute Gasteiger partial charge is 0.0948 e. The van der Waals surface area contributed by atoms with Crippen LogP contribution >= 0.6 is 15.9 Å². The summed E-state index contributed by atoms with van der Waals surface area (Å²) in [4.78, 5) is 0. The molecule has 0 aromatic heterocycles. The molecule has 0 unspecified atom stereocenters. The van der Waals surface area contributed by atoms with Gasteiger partial charge in [0.15, 0.2) is 0 Å². The summed E-state index contributed by atoms with van der Waals surface area (Å²) in [5.74, 6) is 0. The van der Waals surface area contributed by atoms with Gasteiger partial charge in [0.1, 0.15) is 0 Å². The number of alkyl halides is 1. The van der Waals surface area contributed by atoms with Crippen LogP contribution in [-0.2, 0) is 10.3 Å². The molecule has 0 aliphatic rings. The molecule has 0 aliphatic heterocycles. The number of hydrogen-bond donors (Lipinski definition) is 1. The summed E-state index contributed by atoms with van der Waals surface area (Å²) < 4.78 is 5.68. The molecule has 3 aromatic carbocycles. The van der Waals surface area contributed by atoms with E-state index < -0.39 is 5.54 Å². The first-order chi connectivity index (χ1) is 12.9. The van der Waals surface area contributed by atoms with Crippen LogP contribution in [0.4, 0.5) is 0 Å². The van der Waals surface area contributed by atoms with Crippen molar-refractivity contribution in [3.05, 3.63) is 108 Å². The molecule has 0 heterocycles. The molecule has 0 saturated heterocycles. The maximum absolute atomic E-state index is 5.68. The summed E-state index contributed by atoms with van der Waals surface area (Å²) in [7, 11) is 0. The van der Waals surface area contributed by atoms with E-state index in [9.17, 15) is 0 Å². The van der Waals surface area contributed by atoms with Crippen LogP contribution in [0.15, 0.2) is 91.0 Å². The van der Waals surface area contributed by atoms with Gasteiger partial charge in [-0.3, -0.25) is 5.32 Å². The highest BCUT2D eigenvalue weighted by Crippen LogP contribution is 2.36. The largest absolute Gasteiger partial charge is 0.379 e. The van der Waals surface area contributed by atoms with Gasteiger partial charge in [-0.25, -0.2) is 0 Å². The van der Waals surface area contributed by atoms with E-state index in [0.29, 0.717) is 6.61 Å². The monoisotopic (exact) mass is 409 g/mol. The van der Waals surface area contributed by atoms with Crippen molar-refractivity contribution in [1.82, 2.24) is 5.32 Å². The third-order valence-corrected chi connectivity index (χ3v) is 4.80. The molecule has 0 bridgehead atoms. The van der Waals surface area contributed by atoms with Crippen LogP contribution in [0.2, 0.25) is 0 Å². The molecular formula is C23H24BrNO. The molecule has 134 valence electrons. The molecule has 3 aromatic rings. The quantitative estimate of drug-likeness (QED) is 0.305. The van der Waals surface area contributed by atoms with Crippen LogP contribution in [0, 0.1) is 0 Å². The van der Waals surface area contributed by atoms with Gasteiger partial charge in [-0.2, -0.15) is 0 Å². The second kappa shape index (κ2) is 9.67. The molecule has 26 heavy (non-hydrogen) atoms. The van der Waals surface area contributed by atoms with E-state index in [2.05, 4.69) is 112 Å². The molecule has 0 amide bonds. The van der Waals surface area contributed by atoms with E-state index in [0.717, 1.165) is 18.5 Å². The average molecular weight is 410 g/mol. The maximum atomic E-state index is 5.68. The Morgan fingerprint density at radius 2 is 1.08 bits per heavy atom. The molecule has 0 saturated carbocycles. The van der Waals surface area contributed by atoms with E-state index in [1.807, 2.05) is 0 Å². The summed E-state index contributed by atoms with van der Waals surface area (Å²) in [5, 5.41) is 4.66. The Balaban J connectivity index is 2.06. The molecule has 3 heteroatoms. The third-order valence-electron chi connectivity index (χ3n) is 4.48. The Morgan fingerprint density at radius 3 is 1.46 bits per heavy atom. The minimum atomic E-state index is -0.415. The summed E-state index contributed by atoms with van der Waals surface area (Å²) in [6.45, 7) is 2.14. The molecule has 0 radical (unpaired) electrons. The molecule has 0 aliphatic carbocycles. The van der Waals surface area contributed by atoms with Gasteiger partial charge in [0.25, 0.3) is 0 Å². The molecular weight excluding hydrogens is 386 g/mol. The highest BCUT2D eigenvalue weighted by atomic mass is 79.9. The predicted molar refractivity (Wildman–Crippen MR) is 112 cm³/mol. The standard InChI is InChI=1S/C23H24BrNO/c24-16-18-26-19-17-25-23(20-10-4-1-5-11-20,21-12-6-2-7-13-21)22-14-8-3-9-15-22/h1-15,25H,16-19H2. The number of ether oxygens (including phenoxy) is 1. The van der Waals surface area contributed by atoms with Crippen LogP contribution in [0.3, 0.4) is 0 Å². The first-order valence-corrected chi connectivity index (χ1v) is 10.1. The highest BCUT2D eigenvalue weighted by Gasteiger charge is 2.35. The van der Waals surface area contributed by atoms with E-state index in [1.165, 1.54) is 16.7 Å². The van der Waals surface area contributed by atoms with Gasteiger partial charge in [-0.05, 0) is 16.7 Å². The van der Waals surface area contributed by atoms with Crippen LogP contribution < -0.4 is 5.32 Å². The van der Waals surface area contributed by atoms with Crippen molar-refractivity contribution in [2.24, 2.45) is 0 Å². The minimum Gasteiger partial charge on any atom is -0.379 e. The van der Waals surface area contributed by atoms with Crippen molar-refractivity contribution in [3.8, 4) is 0 Å². The zero-order chi connectivity index (χ0) is 18.1. The molecule has 2 nitrogen and oxygen atoms in total. The Hall–Kier alpha value is -1.94. The van der Waals surface area contributed by atoms with Gasteiger partial charge in [0, 0.05) is 11.9 Å². The second-order valence-corrected chi connectivity index (χ2v) is 6.87. The van der Waals surface area contributed by atoms with Gasteiger partial charge >= 0.3 is 0 Å². The first-order valence-electron chi connectivity index (χ1n) is 8.93. The molecule has 3 rings (SSSR count). The lowest BCUT2D eigenvalue weighted by Gasteiger charge is -2.37. The Bertz CT molecular complexity index is 665. The number of hydrogen-bond acceptors (Lipinski definition) is 2. The average Bonchev–Trinajstić information content (AvgIpc) is 2.73. The molecule has 0 spiro atoms. The zero-order valence-electron chi connectivity index (χ0n) is 14.8. The van der Waals surface area contributed by atoms with Crippen molar-refractivity contribution in [3.63, 3.8) is 0 Å². The van der Waals surface area contributed by atoms with E-state index in [4.69, 9.17) is 4.74 Å². The van der Waals surface area contributed by atoms with Crippen LogP contribution in [0.1, 0.15) is 16.7 Å². The van der Waals surface area contributed by atoms with Crippen LogP contribution in [0.25, 0.3) is 0 Å². The fourth-order valence-electron chi connectivity index (χ4n) is 3.34. The number of rotatable bonds is 9. The van der Waals surface area contributed by atoms with Crippen molar-refractivity contribution in [1.29, 1.82) is 0 Å². The fraction of sp³-hybridized carbons (Fsp3) is 0.217. The minimum absolute atomic E-state index is 0.415. The van der Waals surface area contributed by atoms with Crippen molar-refractivity contribution >= 4 is 15.9 Å². The lowest BCUT2D eigenvalue weighted by molar-refractivity contribution is 0.148. The summed E-state index contributed by atoms with van der Waals surface area (Å²) in [6.07, 6.45) is 0. The van der Waals surface area contributed by atoms with Crippen molar-refractivity contribution in [2.45, 2.75) is 5.54 Å². The third kappa shape index (κ3) is 4.24. The van der Waals surface area contributed by atoms with Crippen molar-refractivity contribution in [2.75, 3.05) is 25.1 Å². The van der Waals surface area contributed by atoms with Gasteiger partial charge in [0.2, 0.25) is 0 Å². The lowest BCUT2D eigenvalue weighted by atomic mass is 9.77. The first kappa shape index (κ1) is 18.8. The number of nitrogens with one attached hydrogen (secondary N) is 1. The van der Waals surface area contributed by atoms with Crippen LogP contribution in [0.5, 0.6) is 0 Å². The summed E-state index contributed by atoms with van der Waals surface area (Å²) >= 11 is 3.41. The normalized spacial score (nSPS) is 11.4. The molecule has 0 atom stereocenters. The van der Waals surface area contributed by atoms with E-state index in [-0.39, 0.29) is 0 Å². The lowest BCUT2D eigenvalue weighted by Crippen LogP contribution is -2.46.